The Bertz CT molecular complexity index is 738. The first kappa shape index (κ1) is 18.8. The van der Waals surface area contributed by atoms with E-state index >= 15 is 0 Å². The van der Waals surface area contributed by atoms with Crippen LogP contribution in [0.15, 0.2) is 23.3 Å². The molecule has 4 aliphatic rings. The van der Waals surface area contributed by atoms with E-state index in [0.717, 1.165) is 29.0 Å². The highest BCUT2D eigenvalue weighted by molar-refractivity contribution is 6.30. The van der Waals surface area contributed by atoms with Crippen LogP contribution in [0.4, 0.5) is 0 Å². The fourth-order valence-corrected chi connectivity index (χ4v) is 6.12. The summed E-state index contributed by atoms with van der Waals surface area (Å²) >= 11 is 5.98. The van der Waals surface area contributed by atoms with Gasteiger partial charge in [0.25, 0.3) is 5.91 Å². The summed E-state index contributed by atoms with van der Waals surface area (Å²) in [4.78, 5) is 12.5. The number of halogens is 1. The van der Waals surface area contributed by atoms with E-state index in [-0.39, 0.29) is 11.3 Å². The first-order valence-electron chi connectivity index (χ1n) is 10.1. The predicted molar refractivity (Wildman–Crippen MR) is 108 cm³/mol. The molecule has 0 heterocycles. The number of ether oxygens (including phenoxy) is 1. The second kappa shape index (κ2) is 7.12. The van der Waals surface area contributed by atoms with Gasteiger partial charge in [-0.25, -0.2) is 5.43 Å². The minimum Gasteiger partial charge on any atom is -0.481 e. The van der Waals surface area contributed by atoms with Crippen molar-refractivity contribution in [1.82, 2.24) is 5.43 Å². The summed E-state index contributed by atoms with van der Waals surface area (Å²) in [5.74, 6) is 3.06. The normalized spacial score (nSPS) is 33.0. The summed E-state index contributed by atoms with van der Waals surface area (Å²) in [7, 11) is 0. The Morgan fingerprint density at radius 3 is 2.37 bits per heavy atom. The molecule has 1 N–H and O–H groups in total. The topological polar surface area (TPSA) is 50.7 Å². The molecule has 5 heteroatoms. The summed E-state index contributed by atoms with van der Waals surface area (Å²) in [6.07, 6.45) is 7.36. The zero-order chi connectivity index (χ0) is 19.2. The number of hydrogen-bond donors (Lipinski definition) is 1. The van der Waals surface area contributed by atoms with E-state index in [4.69, 9.17) is 16.3 Å². The Balaban J connectivity index is 1.39. The zero-order valence-electron chi connectivity index (χ0n) is 16.4. The third-order valence-corrected chi connectivity index (χ3v) is 7.18. The van der Waals surface area contributed by atoms with Crippen LogP contribution in [0.2, 0.25) is 5.02 Å². The van der Waals surface area contributed by atoms with Crippen LogP contribution in [0, 0.1) is 30.1 Å². The molecule has 4 fully saturated rings. The van der Waals surface area contributed by atoms with Gasteiger partial charge >= 0.3 is 0 Å². The largest absolute Gasteiger partial charge is 0.481 e. The number of nitrogens with zero attached hydrogens (tertiary/aromatic N) is 1. The molecule has 4 saturated carbocycles. The molecule has 1 atom stereocenters. The van der Waals surface area contributed by atoms with Gasteiger partial charge < -0.3 is 4.74 Å². The number of aryl methyl sites for hydroxylation is 1. The number of carbonyl (C=O) groups excluding carboxylic acids is 1. The second-order valence-corrected chi connectivity index (χ2v) is 9.48. The fraction of sp³-hybridized carbons (Fsp3) is 0.636. The maximum Gasteiger partial charge on any atom is 0.280 e. The Morgan fingerprint density at radius 2 is 1.81 bits per heavy atom. The van der Waals surface area contributed by atoms with Crippen molar-refractivity contribution in [3.8, 4) is 5.75 Å². The van der Waals surface area contributed by atoms with Crippen LogP contribution < -0.4 is 10.2 Å². The van der Waals surface area contributed by atoms with E-state index in [2.05, 4.69) is 17.5 Å². The van der Waals surface area contributed by atoms with Gasteiger partial charge in [0, 0.05) is 16.1 Å². The van der Waals surface area contributed by atoms with Crippen LogP contribution in [0.25, 0.3) is 0 Å². The number of benzene rings is 1. The lowest BCUT2D eigenvalue weighted by Crippen LogP contribution is -2.50. The number of amides is 1. The lowest BCUT2D eigenvalue weighted by molar-refractivity contribution is -0.127. The summed E-state index contributed by atoms with van der Waals surface area (Å²) in [6.45, 7) is 5.77. The zero-order valence-corrected chi connectivity index (χ0v) is 17.2. The Kier molecular flexibility index (Phi) is 4.96. The van der Waals surface area contributed by atoms with E-state index in [1.807, 2.05) is 13.0 Å². The van der Waals surface area contributed by atoms with Crippen molar-refractivity contribution in [1.29, 1.82) is 0 Å². The number of hydrazone groups is 1. The van der Waals surface area contributed by atoms with Crippen molar-refractivity contribution >= 4 is 23.2 Å². The highest BCUT2D eigenvalue weighted by Gasteiger charge is 2.52. The van der Waals surface area contributed by atoms with Crippen molar-refractivity contribution in [2.24, 2.45) is 28.3 Å². The predicted octanol–water partition coefficient (Wildman–Crippen LogP) is 5.12. The monoisotopic (exact) mass is 388 g/mol. The third-order valence-electron chi connectivity index (χ3n) is 6.95. The summed E-state index contributed by atoms with van der Waals surface area (Å²) in [5.41, 5.74) is 4.99. The summed E-state index contributed by atoms with van der Waals surface area (Å²) in [6, 6.07) is 5.39. The molecule has 0 spiro atoms. The summed E-state index contributed by atoms with van der Waals surface area (Å²) in [5, 5.41) is 5.19. The molecule has 4 bridgehead atoms. The summed E-state index contributed by atoms with van der Waals surface area (Å²) < 4.78 is 5.80. The SMILES string of the molecule is CC(=NNC(=O)C(C)Oc1ccc(Cl)cc1C)C12CC3CC(CC(C3)C1)C2. The van der Waals surface area contributed by atoms with Gasteiger partial charge in [0.15, 0.2) is 6.10 Å². The van der Waals surface area contributed by atoms with Crippen molar-refractivity contribution in [3.05, 3.63) is 28.8 Å². The minimum absolute atomic E-state index is 0.214. The molecular formula is C22H29ClN2O2. The minimum atomic E-state index is -0.613. The smallest absolute Gasteiger partial charge is 0.280 e. The molecule has 0 radical (unpaired) electrons. The standard InChI is InChI=1S/C22H29ClN2O2/c1-13-6-19(23)4-5-20(13)27-14(2)21(26)25-24-15(3)22-10-16-7-17(11-22)9-18(8-16)12-22/h4-6,14,16-18H,7-12H2,1-3H3,(H,25,26). The van der Waals surface area contributed by atoms with E-state index in [1.165, 1.54) is 38.5 Å². The van der Waals surface area contributed by atoms with Gasteiger partial charge in [0.05, 0.1) is 0 Å². The van der Waals surface area contributed by atoms with Crippen molar-refractivity contribution in [3.63, 3.8) is 0 Å². The second-order valence-electron chi connectivity index (χ2n) is 9.04. The van der Waals surface area contributed by atoms with Gasteiger partial charge in [0.2, 0.25) is 0 Å². The molecule has 1 aromatic carbocycles. The Morgan fingerprint density at radius 1 is 1.22 bits per heavy atom. The molecule has 4 aliphatic carbocycles. The third kappa shape index (κ3) is 3.73. The highest BCUT2D eigenvalue weighted by Crippen LogP contribution is 2.60. The van der Waals surface area contributed by atoms with Crippen LogP contribution in [0.5, 0.6) is 5.75 Å². The van der Waals surface area contributed by atoms with Gasteiger partial charge in [-0.15, -0.1) is 0 Å². The number of carbonyl (C=O) groups is 1. The van der Waals surface area contributed by atoms with Crippen molar-refractivity contribution in [2.45, 2.75) is 65.4 Å². The number of nitrogens with one attached hydrogen (secondary N) is 1. The van der Waals surface area contributed by atoms with Gasteiger partial charge in [-0.1, -0.05) is 11.6 Å². The molecule has 1 aromatic rings. The first-order valence-corrected chi connectivity index (χ1v) is 10.5. The molecule has 27 heavy (non-hydrogen) atoms. The van der Waals surface area contributed by atoms with Crippen LogP contribution in [-0.2, 0) is 4.79 Å². The highest BCUT2D eigenvalue weighted by atomic mass is 35.5. The molecule has 146 valence electrons. The first-order chi connectivity index (χ1) is 12.8. The number of hydrogen-bond acceptors (Lipinski definition) is 3. The van der Waals surface area contributed by atoms with E-state index in [0.29, 0.717) is 10.8 Å². The Labute approximate surface area is 166 Å². The lowest BCUT2D eigenvalue weighted by Gasteiger charge is -2.56. The molecule has 1 amide bonds. The Hall–Kier alpha value is -1.55. The average molecular weight is 389 g/mol. The van der Waals surface area contributed by atoms with Crippen LogP contribution >= 0.6 is 11.6 Å². The molecular weight excluding hydrogens is 360 g/mol. The van der Waals surface area contributed by atoms with E-state index in [1.54, 1.807) is 19.1 Å². The van der Waals surface area contributed by atoms with Crippen LogP contribution in [0.1, 0.15) is 57.9 Å². The van der Waals surface area contributed by atoms with Crippen LogP contribution in [-0.4, -0.2) is 17.7 Å². The van der Waals surface area contributed by atoms with Crippen LogP contribution in [0.3, 0.4) is 0 Å². The van der Waals surface area contributed by atoms with E-state index in [9.17, 15) is 4.79 Å². The number of rotatable bonds is 5. The van der Waals surface area contributed by atoms with Crippen molar-refractivity contribution < 1.29 is 9.53 Å². The van der Waals surface area contributed by atoms with Gasteiger partial charge in [-0.2, -0.15) is 5.10 Å². The maximum absolute atomic E-state index is 12.5. The molecule has 5 rings (SSSR count). The van der Waals surface area contributed by atoms with Gasteiger partial charge in [0.1, 0.15) is 5.75 Å². The maximum atomic E-state index is 12.5. The lowest BCUT2D eigenvalue weighted by atomic mass is 9.48. The van der Waals surface area contributed by atoms with Gasteiger partial charge in [-0.3, -0.25) is 4.79 Å². The quantitative estimate of drug-likeness (QED) is 0.561. The molecule has 0 aliphatic heterocycles. The van der Waals surface area contributed by atoms with Gasteiger partial charge in [-0.05, 0) is 101 Å². The molecule has 0 saturated heterocycles. The molecule has 4 nitrogen and oxygen atoms in total. The van der Waals surface area contributed by atoms with Crippen molar-refractivity contribution in [2.75, 3.05) is 0 Å². The fourth-order valence-electron chi connectivity index (χ4n) is 5.89. The van der Waals surface area contributed by atoms with E-state index < -0.39 is 6.10 Å². The molecule has 1 unspecified atom stereocenters. The molecule has 0 aromatic heterocycles. The average Bonchev–Trinajstić information content (AvgIpc) is 2.60.